The Bertz CT molecular complexity index is 1620. The minimum absolute atomic E-state index is 0.555. The van der Waals surface area contributed by atoms with Crippen molar-refractivity contribution in [2.75, 3.05) is 0 Å². The molecule has 4 aromatic carbocycles. The number of aromatic nitrogens is 6. The minimum Gasteiger partial charge on any atom is -0.321 e. The maximum absolute atomic E-state index is 4.69. The van der Waals surface area contributed by atoms with Crippen LogP contribution in [-0.2, 0) is 0 Å². The van der Waals surface area contributed by atoms with Crippen LogP contribution in [0.4, 0.5) is 0 Å². The van der Waals surface area contributed by atoms with Crippen LogP contribution >= 0.6 is 0 Å². The summed E-state index contributed by atoms with van der Waals surface area (Å²) in [6.07, 6.45) is 0. The number of imidazole rings is 2. The molecule has 0 unspecified atom stereocenters. The highest BCUT2D eigenvalue weighted by molar-refractivity contribution is 5.83. The molecule has 0 aliphatic heterocycles. The highest BCUT2D eigenvalue weighted by Crippen LogP contribution is 2.27. The Hall–Kier alpha value is -5.10. The summed E-state index contributed by atoms with van der Waals surface area (Å²) in [5, 5.41) is 0. The lowest BCUT2D eigenvalue weighted by molar-refractivity contribution is 1.28. The average molecular weight is 465 g/mol. The van der Waals surface area contributed by atoms with Gasteiger partial charge in [-0.05, 0) is 22.3 Å². The molecule has 3 aromatic heterocycles. The van der Waals surface area contributed by atoms with Crippen molar-refractivity contribution >= 4 is 22.6 Å². The highest BCUT2D eigenvalue weighted by atomic mass is 15.1. The molecule has 0 atom stereocenters. The Kier molecular flexibility index (Phi) is 4.67. The molecule has 0 saturated carbocycles. The van der Waals surface area contributed by atoms with Crippen LogP contribution < -0.4 is 0 Å². The fraction of sp³-hybridized carbons (Fsp3) is 0. The molecule has 2 N–H and O–H groups in total. The van der Waals surface area contributed by atoms with Crippen LogP contribution in [-0.4, -0.2) is 29.9 Å². The van der Waals surface area contributed by atoms with E-state index in [-0.39, 0.29) is 0 Å². The van der Waals surface area contributed by atoms with Gasteiger partial charge in [0.1, 0.15) is 11.6 Å². The third-order valence-electron chi connectivity index (χ3n) is 6.30. The second kappa shape index (κ2) is 8.29. The Balaban J connectivity index is 1.19. The Labute approximate surface area is 206 Å². The van der Waals surface area contributed by atoms with Gasteiger partial charge in [-0.1, -0.05) is 109 Å². The number of rotatable bonds is 4. The zero-order valence-electron chi connectivity index (χ0n) is 19.2. The summed E-state index contributed by atoms with van der Waals surface area (Å²) in [4.78, 5) is 25.3. The van der Waals surface area contributed by atoms with Gasteiger partial charge in [-0.15, -0.1) is 0 Å². The normalized spacial score (nSPS) is 11.3. The number of aromatic amines is 2. The predicted octanol–water partition coefficient (Wildman–Crippen LogP) is 6.90. The van der Waals surface area contributed by atoms with E-state index >= 15 is 0 Å². The topological polar surface area (TPSA) is 83.1 Å². The molecular formula is C30H20N6. The molecule has 0 saturated heterocycles. The standard InChI is InChI=1S/C30H20N6/c1-3-7-19(8-4-1)21-11-15-23(16-12-21)25-31-27-28(32-25)36-30-29(35-27)33-26(34-30)24-17-13-22(14-18-24)20-9-5-2-6-10-20/h1-18H,(H2,31,32,33,34,35,36). The van der Waals surface area contributed by atoms with Gasteiger partial charge in [-0.25, -0.2) is 19.9 Å². The quantitative estimate of drug-likeness (QED) is 0.297. The fourth-order valence-electron chi connectivity index (χ4n) is 4.41. The maximum atomic E-state index is 4.69. The molecule has 0 aliphatic rings. The Morgan fingerprint density at radius 1 is 0.333 bits per heavy atom. The van der Waals surface area contributed by atoms with Gasteiger partial charge < -0.3 is 9.97 Å². The van der Waals surface area contributed by atoms with Gasteiger partial charge in [0, 0.05) is 11.1 Å². The van der Waals surface area contributed by atoms with Crippen molar-refractivity contribution in [2.45, 2.75) is 0 Å². The molecule has 6 heteroatoms. The number of nitrogens with zero attached hydrogens (tertiary/aromatic N) is 4. The summed E-state index contributed by atoms with van der Waals surface area (Å²) in [5.74, 6) is 1.46. The van der Waals surface area contributed by atoms with E-state index in [4.69, 9.17) is 0 Å². The van der Waals surface area contributed by atoms with E-state index in [1.165, 1.54) is 11.1 Å². The second-order valence-electron chi connectivity index (χ2n) is 8.63. The first-order valence-corrected chi connectivity index (χ1v) is 11.8. The van der Waals surface area contributed by atoms with E-state index in [0.29, 0.717) is 22.6 Å². The van der Waals surface area contributed by atoms with Gasteiger partial charge in [0.25, 0.3) is 0 Å². The van der Waals surface area contributed by atoms with E-state index in [0.717, 1.165) is 33.9 Å². The summed E-state index contributed by atoms with van der Waals surface area (Å²) in [6, 6.07) is 37.2. The molecule has 0 spiro atoms. The molecule has 36 heavy (non-hydrogen) atoms. The van der Waals surface area contributed by atoms with E-state index in [1.54, 1.807) is 0 Å². The molecule has 170 valence electrons. The lowest BCUT2D eigenvalue weighted by Crippen LogP contribution is -1.84. The predicted molar refractivity (Wildman–Crippen MR) is 143 cm³/mol. The minimum atomic E-state index is 0.555. The van der Waals surface area contributed by atoms with Crippen molar-refractivity contribution in [3.8, 4) is 45.0 Å². The van der Waals surface area contributed by atoms with Crippen molar-refractivity contribution in [2.24, 2.45) is 0 Å². The third kappa shape index (κ3) is 3.61. The molecular weight excluding hydrogens is 444 g/mol. The first kappa shape index (κ1) is 20.3. The number of hydrogen-bond donors (Lipinski definition) is 2. The molecule has 7 rings (SSSR count). The number of fused-ring (bicyclic) bond motifs is 2. The van der Waals surface area contributed by atoms with Gasteiger partial charge in [0.15, 0.2) is 22.6 Å². The van der Waals surface area contributed by atoms with E-state index in [2.05, 4.69) is 103 Å². The molecule has 0 bridgehead atoms. The van der Waals surface area contributed by atoms with Crippen LogP contribution in [0.25, 0.3) is 67.6 Å². The highest BCUT2D eigenvalue weighted by Gasteiger charge is 2.13. The SMILES string of the molecule is c1ccc(-c2ccc(-c3nc4nc5[nH]c(-c6ccc(-c7ccccc7)cc6)nc5nc4[nH]3)cc2)cc1. The number of hydrogen-bond acceptors (Lipinski definition) is 4. The summed E-state index contributed by atoms with van der Waals surface area (Å²) in [5.41, 5.74) is 8.98. The van der Waals surface area contributed by atoms with Crippen LogP contribution in [0.3, 0.4) is 0 Å². The first-order valence-electron chi connectivity index (χ1n) is 11.8. The average Bonchev–Trinajstić information content (AvgIpc) is 3.56. The van der Waals surface area contributed by atoms with Gasteiger partial charge in [-0.2, -0.15) is 0 Å². The van der Waals surface area contributed by atoms with Gasteiger partial charge in [0.2, 0.25) is 0 Å². The smallest absolute Gasteiger partial charge is 0.199 e. The maximum Gasteiger partial charge on any atom is 0.199 e. The Morgan fingerprint density at radius 2 is 0.667 bits per heavy atom. The summed E-state index contributed by atoms with van der Waals surface area (Å²) in [6.45, 7) is 0. The van der Waals surface area contributed by atoms with E-state index in [1.807, 2.05) is 36.4 Å². The fourth-order valence-corrected chi connectivity index (χ4v) is 4.41. The van der Waals surface area contributed by atoms with E-state index < -0.39 is 0 Å². The van der Waals surface area contributed by atoms with Crippen molar-refractivity contribution in [3.05, 3.63) is 109 Å². The van der Waals surface area contributed by atoms with Gasteiger partial charge in [0.05, 0.1) is 0 Å². The van der Waals surface area contributed by atoms with Crippen LogP contribution in [0.15, 0.2) is 109 Å². The summed E-state index contributed by atoms with van der Waals surface area (Å²) < 4.78 is 0. The van der Waals surface area contributed by atoms with Crippen molar-refractivity contribution in [1.29, 1.82) is 0 Å². The van der Waals surface area contributed by atoms with Crippen LogP contribution in [0.1, 0.15) is 0 Å². The molecule has 0 amide bonds. The second-order valence-corrected chi connectivity index (χ2v) is 8.63. The van der Waals surface area contributed by atoms with Crippen molar-refractivity contribution < 1.29 is 0 Å². The number of nitrogens with one attached hydrogen (secondary N) is 2. The molecule has 6 nitrogen and oxygen atoms in total. The van der Waals surface area contributed by atoms with Crippen LogP contribution in [0.5, 0.6) is 0 Å². The lowest BCUT2D eigenvalue weighted by atomic mass is 10.0. The van der Waals surface area contributed by atoms with E-state index in [9.17, 15) is 0 Å². The summed E-state index contributed by atoms with van der Waals surface area (Å²) in [7, 11) is 0. The largest absolute Gasteiger partial charge is 0.321 e. The lowest BCUT2D eigenvalue weighted by Gasteiger charge is -2.02. The van der Waals surface area contributed by atoms with Gasteiger partial charge >= 0.3 is 0 Å². The zero-order chi connectivity index (χ0) is 23.9. The molecule has 7 aromatic rings. The first-order chi connectivity index (χ1) is 17.8. The van der Waals surface area contributed by atoms with Crippen LogP contribution in [0.2, 0.25) is 0 Å². The monoisotopic (exact) mass is 464 g/mol. The molecule has 0 radical (unpaired) electrons. The Morgan fingerprint density at radius 3 is 1.06 bits per heavy atom. The summed E-state index contributed by atoms with van der Waals surface area (Å²) >= 11 is 0. The number of benzene rings is 4. The van der Waals surface area contributed by atoms with Crippen LogP contribution in [0, 0.1) is 0 Å². The molecule has 0 fully saturated rings. The van der Waals surface area contributed by atoms with Crippen molar-refractivity contribution in [1.82, 2.24) is 29.9 Å². The molecule has 3 heterocycles. The molecule has 0 aliphatic carbocycles. The number of H-pyrrole nitrogens is 2. The zero-order valence-corrected chi connectivity index (χ0v) is 19.2. The van der Waals surface area contributed by atoms with Gasteiger partial charge in [-0.3, -0.25) is 0 Å². The third-order valence-corrected chi connectivity index (χ3v) is 6.30. The van der Waals surface area contributed by atoms with Crippen molar-refractivity contribution in [3.63, 3.8) is 0 Å².